The van der Waals surface area contributed by atoms with Gasteiger partial charge in [0.25, 0.3) is 0 Å². The monoisotopic (exact) mass is 347 g/mol. The molecule has 1 saturated heterocycles. The predicted molar refractivity (Wildman–Crippen MR) is 99.1 cm³/mol. The highest BCUT2D eigenvalue weighted by Gasteiger charge is 2.33. The largest absolute Gasteiger partial charge is 0.380 e. The van der Waals surface area contributed by atoms with Crippen LogP contribution in [0.3, 0.4) is 0 Å². The van der Waals surface area contributed by atoms with Crippen LogP contribution in [0.5, 0.6) is 0 Å². The molecule has 0 amide bonds. The molecular formula is C18H29N5O2. The number of hydrogen-bond acceptors (Lipinski definition) is 7. The molecule has 3 rings (SSSR count). The van der Waals surface area contributed by atoms with Gasteiger partial charge in [-0.05, 0) is 26.9 Å². The second kappa shape index (κ2) is 8.60. The highest BCUT2D eigenvalue weighted by molar-refractivity contribution is 5.50. The van der Waals surface area contributed by atoms with Crippen molar-refractivity contribution >= 4 is 11.6 Å². The summed E-state index contributed by atoms with van der Waals surface area (Å²) in [7, 11) is 6.00. The van der Waals surface area contributed by atoms with E-state index in [2.05, 4.69) is 45.3 Å². The Kier molecular flexibility index (Phi) is 6.23. The zero-order valence-electron chi connectivity index (χ0n) is 15.4. The molecule has 2 aliphatic heterocycles. The van der Waals surface area contributed by atoms with E-state index < -0.39 is 0 Å². The molecule has 0 saturated carbocycles. The standard InChI is InChI=1S/C18H29N5O2/c1-22(2)11-15-8-16(24-3)12-23(15)18-9-17(20-13-21-18)19-10-14-4-6-25-7-5-14/h4,9,13,15-16H,5-8,10-12H2,1-3H3,(H,19,20,21)/t15-,16-/m0/s1. The van der Waals surface area contributed by atoms with Crippen LogP contribution in [-0.4, -0.2) is 81.1 Å². The number of hydrogen-bond donors (Lipinski definition) is 1. The third-order valence-corrected chi connectivity index (χ3v) is 4.79. The smallest absolute Gasteiger partial charge is 0.134 e. The maximum Gasteiger partial charge on any atom is 0.134 e. The third-order valence-electron chi connectivity index (χ3n) is 4.79. The summed E-state index contributed by atoms with van der Waals surface area (Å²) < 4.78 is 10.9. The van der Waals surface area contributed by atoms with Gasteiger partial charge in [-0.3, -0.25) is 0 Å². The van der Waals surface area contributed by atoms with Gasteiger partial charge in [0.15, 0.2) is 0 Å². The van der Waals surface area contributed by atoms with E-state index in [0.29, 0.717) is 12.6 Å². The van der Waals surface area contributed by atoms with E-state index >= 15 is 0 Å². The first-order valence-corrected chi connectivity index (χ1v) is 8.91. The van der Waals surface area contributed by atoms with Crippen molar-refractivity contribution in [1.29, 1.82) is 0 Å². The highest BCUT2D eigenvalue weighted by Crippen LogP contribution is 2.27. The maximum atomic E-state index is 5.59. The van der Waals surface area contributed by atoms with Crippen molar-refractivity contribution in [3.05, 3.63) is 24.0 Å². The molecule has 0 aliphatic carbocycles. The minimum Gasteiger partial charge on any atom is -0.380 e. The lowest BCUT2D eigenvalue weighted by molar-refractivity contribution is 0.117. The molecule has 0 spiro atoms. The Morgan fingerprint density at radius 3 is 3.00 bits per heavy atom. The van der Waals surface area contributed by atoms with E-state index in [-0.39, 0.29) is 6.10 Å². The number of nitrogens with one attached hydrogen (secondary N) is 1. The van der Waals surface area contributed by atoms with E-state index in [4.69, 9.17) is 9.47 Å². The third kappa shape index (κ3) is 4.90. The Hall–Kier alpha value is -1.70. The van der Waals surface area contributed by atoms with Gasteiger partial charge in [0.1, 0.15) is 18.0 Å². The maximum absolute atomic E-state index is 5.59. The number of ether oxygens (including phenoxy) is 2. The molecule has 1 N–H and O–H groups in total. The zero-order chi connectivity index (χ0) is 17.6. The van der Waals surface area contributed by atoms with Gasteiger partial charge in [0, 0.05) is 38.9 Å². The SMILES string of the molecule is CO[C@H]1C[C@@H](CN(C)C)N(c2cc(NCC3=CCOCC3)ncn2)C1. The van der Waals surface area contributed by atoms with E-state index in [1.54, 1.807) is 13.4 Å². The van der Waals surface area contributed by atoms with Crippen LogP contribution in [0.4, 0.5) is 11.6 Å². The number of nitrogens with zero attached hydrogens (tertiary/aromatic N) is 4. The molecule has 7 heteroatoms. The van der Waals surface area contributed by atoms with Gasteiger partial charge in [0.2, 0.25) is 0 Å². The van der Waals surface area contributed by atoms with Crippen LogP contribution in [0.2, 0.25) is 0 Å². The van der Waals surface area contributed by atoms with E-state index in [1.807, 2.05) is 6.07 Å². The summed E-state index contributed by atoms with van der Waals surface area (Å²) in [5, 5.41) is 3.42. The normalized spacial score (nSPS) is 23.8. The first kappa shape index (κ1) is 18.1. The van der Waals surface area contributed by atoms with Crippen molar-refractivity contribution in [2.75, 3.05) is 64.3 Å². The molecule has 0 aromatic carbocycles. The summed E-state index contributed by atoms with van der Waals surface area (Å²) in [6.45, 7) is 4.18. The first-order chi connectivity index (χ1) is 12.2. The van der Waals surface area contributed by atoms with Crippen molar-refractivity contribution in [2.45, 2.75) is 25.0 Å². The van der Waals surface area contributed by atoms with Gasteiger partial charge >= 0.3 is 0 Å². The molecule has 0 radical (unpaired) electrons. The molecule has 0 bridgehead atoms. The lowest BCUT2D eigenvalue weighted by Gasteiger charge is -2.27. The van der Waals surface area contributed by atoms with Crippen LogP contribution in [0, 0.1) is 0 Å². The second-order valence-corrected chi connectivity index (χ2v) is 6.96. The van der Waals surface area contributed by atoms with Crippen LogP contribution >= 0.6 is 0 Å². The average Bonchev–Trinajstić information content (AvgIpc) is 3.03. The van der Waals surface area contributed by atoms with Gasteiger partial charge < -0.3 is 24.6 Å². The molecule has 1 fully saturated rings. The molecule has 1 aromatic heterocycles. The summed E-state index contributed by atoms with van der Waals surface area (Å²) >= 11 is 0. The average molecular weight is 347 g/mol. The molecule has 1 aromatic rings. The van der Waals surface area contributed by atoms with Crippen LogP contribution in [0.1, 0.15) is 12.8 Å². The Morgan fingerprint density at radius 1 is 1.40 bits per heavy atom. The number of anilines is 2. The molecular weight excluding hydrogens is 318 g/mol. The van der Waals surface area contributed by atoms with Crippen molar-refractivity contribution in [1.82, 2.24) is 14.9 Å². The summed E-state index contributed by atoms with van der Waals surface area (Å²) in [6.07, 6.45) is 6.05. The van der Waals surface area contributed by atoms with Gasteiger partial charge in [-0.1, -0.05) is 11.6 Å². The molecule has 7 nitrogen and oxygen atoms in total. The van der Waals surface area contributed by atoms with Gasteiger partial charge in [0.05, 0.1) is 19.3 Å². The molecule has 3 heterocycles. The number of rotatable bonds is 7. The molecule has 0 unspecified atom stereocenters. The summed E-state index contributed by atoms with van der Waals surface area (Å²) in [6, 6.07) is 2.45. The summed E-state index contributed by atoms with van der Waals surface area (Å²) in [5.74, 6) is 1.83. The van der Waals surface area contributed by atoms with Crippen molar-refractivity contribution in [2.24, 2.45) is 0 Å². The summed E-state index contributed by atoms with van der Waals surface area (Å²) in [5.41, 5.74) is 1.37. The second-order valence-electron chi connectivity index (χ2n) is 6.96. The molecule has 2 atom stereocenters. The van der Waals surface area contributed by atoms with Crippen molar-refractivity contribution in [3.8, 4) is 0 Å². The highest BCUT2D eigenvalue weighted by atomic mass is 16.5. The van der Waals surface area contributed by atoms with Gasteiger partial charge in [-0.2, -0.15) is 0 Å². The quantitative estimate of drug-likeness (QED) is 0.748. The van der Waals surface area contributed by atoms with Crippen molar-refractivity contribution < 1.29 is 9.47 Å². The van der Waals surface area contributed by atoms with Crippen LogP contribution in [0.25, 0.3) is 0 Å². The fraction of sp³-hybridized carbons (Fsp3) is 0.667. The molecule has 25 heavy (non-hydrogen) atoms. The van der Waals surface area contributed by atoms with Gasteiger partial charge in [-0.15, -0.1) is 0 Å². The molecule has 2 aliphatic rings. The lowest BCUT2D eigenvalue weighted by Crippen LogP contribution is -2.38. The number of likely N-dealkylation sites (N-methyl/N-ethyl adjacent to an activating group) is 1. The molecule has 138 valence electrons. The van der Waals surface area contributed by atoms with E-state index in [1.165, 1.54) is 5.57 Å². The number of aromatic nitrogens is 2. The van der Waals surface area contributed by atoms with E-state index in [9.17, 15) is 0 Å². The Balaban J connectivity index is 1.67. The summed E-state index contributed by atoms with van der Waals surface area (Å²) in [4.78, 5) is 13.4. The van der Waals surface area contributed by atoms with Crippen molar-refractivity contribution in [3.63, 3.8) is 0 Å². The minimum atomic E-state index is 0.253. The Morgan fingerprint density at radius 2 is 2.28 bits per heavy atom. The number of methoxy groups -OCH3 is 1. The zero-order valence-corrected chi connectivity index (χ0v) is 15.4. The fourth-order valence-electron chi connectivity index (χ4n) is 3.45. The topological polar surface area (TPSA) is 62.8 Å². The predicted octanol–water partition coefficient (Wildman–Crippen LogP) is 1.39. The minimum absolute atomic E-state index is 0.253. The van der Waals surface area contributed by atoms with Crippen LogP contribution < -0.4 is 10.2 Å². The van der Waals surface area contributed by atoms with E-state index in [0.717, 1.165) is 50.7 Å². The Labute approximate surface area is 150 Å². The fourth-order valence-corrected chi connectivity index (χ4v) is 3.45. The lowest BCUT2D eigenvalue weighted by atomic mass is 10.1. The Bertz CT molecular complexity index is 593. The first-order valence-electron chi connectivity index (χ1n) is 8.91. The van der Waals surface area contributed by atoms with Crippen LogP contribution in [0.15, 0.2) is 24.0 Å². The van der Waals surface area contributed by atoms with Gasteiger partial charge in [-0.25, -0.2) is 9.97 Å². The van der Waals surface area contributed by atoms with Crippen LogP contribution in [-0.2, 0) is 9.47 Å².